The Kier molecular flexibility index (Phi) is 6.75. The van der Waals surface area contributed by atoms with Crippen LogP contribution in [-0.4, -0.2) is 39.6 Å². The summed E-state index contributed by atoms with van der Waals surface area (Å²) >= 11 is 5.92. The van der Waals surface area contributed by atoms with Gasteiger partial charge in [-0.1, -0.05) is 35.9 Å². The fourth-order valence-corrected chi connectivity index (χ4v) is 3.87. The quantitative estimate of drug-likeness (QED) is 0.767. The maximum atomic E-state index is 12.4. The van der Waals surface area contributed by atoms with Crippen molar-refractivity contribution in [1.82, 2.24) is 5.32 Å². The van der Waals surface area contributed by atoms with Crippen LogP contribution in [0.3, 0.4) is 0 Å². The molecule has 1 saturated heterocycles. The summed E-state index contributed by atoms with van der Waals surface area (Å²) in [6, 6.07) is 16.5. The SMILES string of the molecule is CN(C)c1ccc([C@H](CNC(=O)Cc2ccc(Cl)cc2)[NH+]2CCCC2)cc1. The molecule has 144 valence electrons. The number of hydrogen-bond acceptors (Lipinski definition) is 2. The second kappa shape index (κ2) is 9.25. The number of carbonyl (C=O) groups is 1. The average Bonchev–Trinajstić information content (AvgIpc) is 3.19. The van der Waals surface area contributed by atoms with Crippen LogP contribution in [0.5, 0.6) is 0 Å². The molecule has 1 fully saturated rings. The van der Waals surface area contributed by atoms with Crippen molar-refractivity contribution in [2.75, 3.05) is 38.6 Å². The number of nitrogens with one attached hydrogen (secondary N) is 2. The number of nitrogens with zero attached hydrogens (tertiary/aromatic N) is 1. The van der Waals surface area contributed by atoms with Gasteiger partial charge in [-0.2, -0.15) is 0 Å². The summed E-state index contributed by atoms with van der Waals surface area (Å²) in [5, 5.41) is 3.85. The zero-order valence-electron chi connectivity index (χ0n) is 16.2. The van der Waals surface area contributed by atoms with Crippen LogP contribution in [0, 0.1) is 0 Å². The third-order valence-electron chi connectivity index (χ3n) is 5.33. The van der Waals surface area contributed by atoms with Crippen molar-refractivity contribution in [2.45, 2.75) is 25.3 Å². The van der Waals surface area contributed by atoms with Crippen LogP contribution in [-0.2, 0) is 11.2 Å². The summed E-state index contributed by atoms with van der Waals surface area (Å²) in [7, 11) is 4.10. The van der Waals surface area contributed by atoms with Crippen LogP contribution in [0.25, 0.3) is 0 Å². The number of likely N-dealkylation sites (tertiary alicyclic amines) is 1. The molecule has 5 heteroatoms. The van der Waals surface area contributed by atoms with Gasteiger partial charge in [0.05, 0.1) is 26.1 Å². The summed E-state index contributed by atoms with van der Waals surface area (Å²) in [6.45, 7) is 3.02. The molecule has 0 aliphatic carbocycles. The molecule has 2 N–H and O–H groups in total. The predicted molar refractivity (Wildman–Crippen MR) is 112 cm³/mol. The summed E-state index contributed by atoms with van der Waals surface area (Å²) < 4.78 is 0. The molecular weight excluding hydrogens is 358 g/mol. The second-order valence-corrected chi connectivity index (χ2v) is 7.95. The van der Waals surface area contributed by atoms with E-state index < -0.39 is 0 Å². The van der Waals surface area contributed by atoms with Crippen LogP contribution in [0.15, 0.2) is 48.5 Å². The van der Waals surface area contributed by atoms with Gasteiger partial charge in [0.1, 0.15) is 6.04 Å². The van der Waals surface area contributed by atoms with Gasteiger partial charge in [0.2, 0.25) is 5.91 Å². The van der Waals surface area contributed by atoms with Gasteiger partial charge in [0.15, 0.2) is 0 Å². The van der Waals surface area contributed by atoms with Crippen molar-refractivity contribution in [1.29, 1.82) is 0 Å². The van der Waals surface area contributed by atoms with Crippen molar-refractivity contribution < 1.29 is 9.69 Å². The molecule has 0 saturated carbocycles. The predicted octanol–water partition coefficient (Wildman–Crippen LogP) is 2.48. The molecule has 1 aliphatic heterocycles. The maximum absolute atomic E-state index is 12.4. The highest BCUT2D eigenvalue weighted by molar-refractivity contribution is 6.30. The minimum Gasteiger partial charge on any atom is -0.378 e. The van der Waals surface area contributed by atoms with Gasteiger partial charge >= 0.3 is 0 Å². The van der Waals surface area contributed by atoms with Crippen LogP contribution in [0.4, 0.5) is 5.69 Å². The van der Waals surface area contributed by atoms with Crippen molar-refractivity contribution in [3.05, 3.63) is 64.7 Å². The van der Waals surface area contributed by atoms with Crippen molar-refractivity contribution >= 4 is 23.2 Å². The summed E-state index contributed by atoms with van der Waals surface area (Å²) in [5.74, 6) is 0.0610. The lowest BCUT2D eigenvalue weighted by molar-refractivity contribution is -0.918. The molecule has 1 atom stereocenters. The first-order valence-corrected chi connectivity index (χ1v) is 10.0. The minimum absolute atomic E-state index is 0.0610. The fourth-order valence-electron chi connectivity index (χ4n) is 3.75. The number of rotatable bonds is 7. The highest BCUT2D eigenvalue weighted by Gasteiger charge is 2.27. The Morgan fingerprint density at radius 1 is 1.07 bits per heavy atom. The normalized spacial score (nSPS) is 15.5. The Bertz CT molecular complexity index is 737. The smallest absolute Gasteiger partial charge is 0.224 e. The zero-order chi connectivity index (χ0) is 19.2. The lowest BCUT2D eigenvalue weighted by atomic mass is 10.0. The average molecular weight is 387 g/mol. The number of amides is 1. The first-order valence-electron chi connectivity index (χ1n) is 9.66. The number of carbonyl (C=O) groups excluding carboxylic acids is 1. The third-order valence-corrected chi connectivity index (χ3v) is 5.58. The number of hydrogen-bond donors (Lipinski definition) is 2. The van der Waals surface area contributed by atoms with Gasteiger partial charge in [0.25, 0.3) is 0 Å². The molecule has 0 unspecified atom stereocenters. The van der Waals surface area contributed by atoms with Gasteiger partial charge in [-0.15, -0.1) is 0 Å². The van der Waals surface area contributed by atoms with Gasteiger partial charge < -0.3 is 15.1 Å². The first-order chi connectivity index (χ1) is 13.0. The molecule has 27 heavy (non-hydrogen) atoms. The molecule has 1 aliphatic rings. The third kappa shape index (κ3) is 5.47. The van der Waals surface area contributed by atoms with E-state index >= 15 is 0 Å². The van der Waals surface area contributed by atoms with E-state index in [4.69, 9.17) is 11.6 Å². The number of anilines is 1. The van der Waals surface area contributed by atoms with Crippen molar-refractivity contribution in [3.8, 4) is 0 Å². The first kappa shape index (κ1) is 19.7. The minimum atomic E-state index is 0.0610. The molecule has 0 radical (unpaired) electrons. The van der Waals surface area contributed by atoms with Crippen molar-refractivity contribution in [3.63, 3.8) is 0 Å². The van der Waals surface area contributed by atoms with Gasteiger partial charge in [-0.3, -0.25) is 4.79 Å². The summed E-state index contributed by atoms with van der Waals surface area (Å²) in [5.41, 5.74) is 3.47. The molecular formula is C22H29ClN3O+. The molecule has 4 nitrogen and oxygen atoms in total. The molecule has 3 rings (SSSR count). The topological polar surface area (TPSA) is 36.8 Å². The van der Waals surface area contributed by atoms with E-state index in [1.54, 1.807) is 4.90 Å². The monoisotopic (exact) mass is 386 g/mol. The molecule has 0 spiro atoms. The van der Waals surface area contributed by atoms with E-state index in [-0.39, 0.29) is 5.91 Å². The molecule has 1 amide bonds. The summed E-state index contributed by atoms with van der Waals surface area (Å²) in [4.78, 5) is 16.1. The van der Waals surface area contributed by atoms with Gasteiger partial charge in [0, 0.05) is 43.2 Å². The Hall–Kier alpha value is -2.04. The largest absolute Gasteiger partial charge is 0.378 e. The van der Waals surface area contributed by atoms with E-state index in [2.05, 4.69) is 48.6 Å². The number of benzene rings is 2. The molecule has 2 aromatic carbocycles. The molecule has 1 heterocycles. The Morgan fingerprint density at radius 2 is 1.70 bits per heavy atom. The number of halogens is 1. The maximum Gasteiger partial charge on any atom is 0.224 e. The molecule has 0 bridgehead atoms. The zero-order valence-corrected chi connectivity index (χ0v) is 16.9. The highest BCUT2D eigenvalue weighted by Crippen LogP contribution is 2.17. The molecule has 2 aromatic rings. The Balaban J connectivity index is 1.64. The van der Waals surface area contributed by atoms with E-state index in [0.29, 0.717) is 24.0 Å². The van der Waals surface area contributed by atoms with E-state index in [9.17, 15) is 4.79 Å². The Morgan fingerprint density at radius 3 is 2.30 bits per heavy atom. The van der Waals surface area contributed by atoms with Crippen LogP contribution < -0.4 is 15.1 Å². The second-order valence-electron chi connectivity index (χ2n) is 7.51. The van der Waals surface area contributed by atoms with Gasteiger partial charge in [-0.05, 0) is 29.8 Å². The number of quaternary nitrogens is 1. The van der Waals surface area contributed by atoms with Crippen LogP contribution >= 0.6 is 11.6 Å². The van der Waals surface area contributed by atoms with Crippen LogP contribution in [0.1, 0.15) is 30.0 Å². The van der Waals surface area contributed by atoms with E-state index in [1.165, 1.54) is 37.2 Å². The van der Waals surface area contributed by atoms with Crippen LogP contribution in [0.2, 0.25) is 5.02 Å². The highest BCUT2D eigenvalue weighted by atomic mass is 35.5. The Labute approximate surface area is 167 Å². The lowest BCUT2D eigenvalue weighted by Crippen LogP contribution is -3.11. The van der Waals surface area contributed by atoms with E-state index in [1.807, 2.05) is 24.3 Å². The van der Waals surface area contributed by atoms with E-state index in [0.717, 1.165) is 5.56 Å². The molecule has 0 aromatic heterocycles. The van der Waals surface area contributed by atoms with Gasteiger partial charge in [-0.25, -0.2) is 0 Å². The lowest BCUT2D eigenvalue weighted by Gasteiger charge is -2.26. The standard InChI is InChI=1S/C22H28ClN3O/c1-25(2)20-11-7-18(8-12-20)21(26-13-3-4-14-26)16-24-22(27)15-17-5-9-19(23)10-6-17/h5-12,21H,3-4,13-16H2,1-2H3,(H,24,27)/p+1/t21-/m0/s1. The van der Waals surface area contributed by atoms with Crippen molar-refractivity contribution in [2.24, 2.45) is 0 Å². The summed E-state index contributed by atoms with van der Waals surface area (Å²) in [6.07, 6.45) is 2.92. The fraction of sp³-hybridized carbons (Fsp3) is 0.409.